The number of aromatic nitrogens is 1. The van der Waals surface area contributed by atoms with Crippen molar-refractivity contribution in [2.75, 3.05) is 11.1 Å². The number of unbranched alkanes of at least 4 members (excludes halogenated alkanes) is 3. The van der Waals surface area contributed by atoms with Crippen LogP contribution in [0.2, 0.25) is 13.1 Å². The van der Waals surface area contributed by atoms with E-state index in [-0.39, 0.29) is 11.7 Å². The predicted molar refractivity (Wildman–Crippen MR) is 121 cm³/mol. The van der Waals surface area contributed by atoms with E-state index in [1.54, 1.807) is 24.5 Å². The zero-order valence-corrected chi connectivity index (χ0v) is 18.4. The summed E-state index contributed by atoms with van der Waals surface area (Å²) in [5.41, 5.74) is 1.69. The van der Waals surface area contributed by atoms with Crippen molar-refractivity contribution >= 4 is 30.6 Å². The number of nitrogens with zero attached hydrogens (tertiary/aromatic N) is 2. The van der Waals surface area contributed by atoms with Gasteiger partial charge in [0.05, 0.1) is 0 Å². The summed E-state index contributed by atoms with van der Waals surface area (Å²) in [5, 5.41) is 1.37. The second-order valence-corrected chi connectivity index (χ2v) is 13.0. The van der Waals surface area contributed by atoms with Crippen molar-refractivity contribution in [3.8, 4) is 0 Å². The van der Waals surface area contributed by atoms with Gasteiger partial charge in [0.1, 0.15) is 13.9 Å². The molecule has 1 aromatic heterocycles. The predicted octanol–water partition coefficient (Wildman–Crippen LogP) is 4.43. The molecule has 154 valence electrons. The lowest BCUT2D eigenvalue weighted by Gasteiger charge is -2.19. The van der Waals surface area contributed by atoms with Crippen LogP contribution in [0.3, 0.4) is 0 Å². The van der Waals surface area contributed by atoms with Crippen LogP contribution in [0, 0.1) is 0 Å². The standard InChI is InChI=1S/C24H32N2O2Si/c1-29(2)19-26(22-12-7-8-13-23(22)29)24(28)14-6-4-3-5-11-21(27)16-15-20-10-9-17-25-18-20/h7-10,12-13,17-18H,3-6,11,14-16,19H2,1-2H3/i15D,16D/t15-,16+/m0/s1. The Balaban J connectivity index is 1.36. The monoisotopic (exact) mass is 410 g/mol. The summed E-state index contributed by atoms with van der Waals surface area (Å²) in [4.78, 5) is 31.0. The molecular weight excluding hydrogens is 376 g/mol. The van der Waals surface area contributed by atoms with Crippen molar-refractivity contribution in [3.63, 3.8) is 0 Å². The Kier molecular flexibility index (Phi) is 6.44. The van der Waals surface area contributed by atoms with E-state index in [0.717, 1.165) is 31.1 Å². The van der Waals surface area contributed by atoms with Crippen molar-refractivity contribution in [1.82, 2.24) is 4.98 Å². The highest BCUT2D eigenvalue weighted by atomic mass is 28.3. The zero-order chi connectivity index (χ0) is 22.4. The third kappa shape index (κ3) is 5.86. The summed E-state index contributed by atoms with van der Waals surface area (Å²) in [6.45, 7) is 4.62. The molecule has 0 aliphatic carbocycles. The molecule has 2 aromatic rings. The number of rotatable bonds is 10. The summed E-state index contributed by atoms with van der Waals surface area (Å²) < 4.78 is 16.2. The van der Waals surface area contributed by atoms with Crippen molar-refractivity contribution in [3.05, 3.63) is 54.4 Å². The van der Waals surface area contributed by atoms with E-state index >= 15 is 0 Å². The van der Waals surface area contributed by atoms with Gasteiger partial charge in [-0.15, -0.1) is 0 Å². The number of pyridine rings is 1. The smallest absolute Gasteiger partial charge is 0.226 e. The number of hydrogen-bond acceptors (Lipinski definition) is 3. The van der Waals surface area contributed by atoms with E-state index in [1.165, 1.54) is 5.19 Å². The minimum atomic E-state index is -1.57. The van der Waals surface area contributed by atoms with E-state index < -0.39 is 20.9 Å². The lowest BCUT2D eigenvalue weighted by molar-refractivity contribution is -0.119. The van der Waals surface area contributed by atoms with Crippen molar-refractivity contribution in [2.45, 2.75) is 64.4 Å². The highest BCUT2D eigenvalue weighted by Gasteiger charge is 2.38. The molecule has 0 bridgehead atoms. The van der Waals surface area contributed by atoms with Gasteiger partial charge < -0.3 is 4.90 Å². The Morgan fingerprint density at radius 2 is 1.83 bits per heavy atom. The van der Waals surface area contributed by atoms with Crippen molar-refractivity contribution in [1.29, 1.82) is 0 Å². The molecule has 0 N–H and O–H groups in total. The second-order valence-electron chi connectivity index (χ2n) is 8.38. The average Bonchev–Trinajstić information content (AvgIpc) is 3.06. The molecule has 1 amide bonds. The number of benzene rings is 1. The first kappa shape index (κ1) is 18.7. The molecule has 2 heterocycles. The first-order valence-corrected chi connectivity index (χ1v) is 13.7. The maximum absolute atomic E-state index is 12.8. The SMILES string of the molecule is [2H][C@H](c1cccnc1)[C@@H]([2H])C(=O)CCCCCCC(=O)N1C[Si](C)(C)c2ccccc21. The lowest BCUT2D eigenvalue weighted by atomic mass is 10.0. The van der Waals surface area contributed by atoms with Gasteiger partial charge in [0, 0.05) is 46.2 Å². The van der Waals surface area contributed by atoms with Gasteiger partial charge in [0.2, 0.25) is 5.91 Å². The Labute approximate surface area is 178 Å². The maximum atomic E-state index is 12.8. The molecule has 0 radical (unpaired) electrons. The Bertz CT molecular complexity index is 907. The number of para-hydroxylation sites is 1. The number of ketones is 1. The van der Waals surface area contributed by atoms with E-state index in [2.05, 4.69) is 36.3 Å². The first-order valence-electron chi connectivity index (χ1n) is 11.6. The van der Waals surface area contributed by atoms with Gasteiger partial charge in [0.25, 0.3) is 0 Å². The number of carbonyl (C=O) groups is 2. The molecule has 1 aromatic carbocycles. The van der Waals surface area contributed by atoms with E-state index in [0.29, 0.717) is 24.8 Å². The second kappa shape index (κ2) is 9.97. The summed E-state index contributed by atoms with van der Waals surface area (Å²) >= 11 is 0. The van der Waals surface area contributed by atoms with Gasteiger partial charge in [-0.25, -0.2) is 0 Å². The number of Topliss-reactive ketones (excluding diaryl/α,β-unsaturated/α-hetero) is 1. The maximum Gasteiger partial charge on any atom is 0.226 e. The van der Waals surface area contributed by atoms with Gasteiger partial charge in [-0.3, -0.25) is 14.6 Å². The molecule has 0 saturated heterocycles. The Morgan fingerprint density at radius 1 is 1.07 bits per heavy atom. The minimum Gasteiger partial charge on any atom is -0.315 e. The van der Waals surface area contributed by atoms with E-state index in [9.17, 15) is 9.59 Å². The molecule has 4 nitrogen and oxygen atoms in total. The van der Waals surface area contributed by atoms with Gasteiger partial charge >= 0.3 is 0 Å². The topological polar surface area (TPSA) is 50.3 Å². The largest absolute Gasteiger partial charge is 0.315 e. The minimum absolute atomic E-state index is 0.194. The average molecular weight is 411 g/mol. The van der Waals surface area contributed by atoms with Crippen LogP contribution >= 0.6 is 0 Å². The van der Waals surface area contributed by atoms with Gasteiger partial charge in [-0.1, -0.05) is 50.2 Å². The van der Waals surface area contributed by atoms with Crippen LogP contribution in [0.5, 0.6) is 0 Å². The number of hydrogen-bond donors (Lipinski definition) is 0. The van der Waals surface area contributed by atoms with Crippen LogP contribution in [-0.2, 0) is 16.0 Å². The number of fused-ring (bicyclic) bond motifs is 1. The number of anilines is 1. The van der Waals surface area contributed by atoms with Crippen LogP contribution in [0.15, 0.2) is 48.8 Å². The summed E-state index contributed by atoms with van der Waals surface area (Å²) in [7, 11) is -1.57. The van der Waals surface area contributed by atoms with Crippen LogP contribution in [0.25, 0.3) is 0 Å². The van der Waals surface area contributed by atoms with Crippen LogP contribution < -0.4 is 10.1 Å². The molecule has 0 spiro atoms. The van der Waals surface area contributed by atoms with E-state index in [1.807, 2.05) is 11.0 Å². The quantitative estimate of drug-likeness (QED) is 0.430. The zero-order valence-electron chi connectivity index (χ0n) is 19.4. The normalized spacial score (nSPS) is 17.8. The summed E-state index contributed by atoms with van der Waals surface area (Å²) in [6.07, 6.45) is 6.17. The van der Waals surface area contributed by atoms with Gasteiger partial charge in [-0.05, 0) is 42.1 Å². The van der Waals surface area contributed by atoms with Crippen LogP contribution in [0.4, 0.5) is 5.69 Å². The Morgan fingerprint density at radius 3 is 2.59 bits per heavy atom. The third-order valence-corrected chi connectivity index (χ3v) is 8.48. The van der Waals surface area contributed by atoms with E-state index in [4.69, 9.17) is 2.74 Å². The number of carbonyl (C=O) groups excluding carboxylic acids is 2. The number of aryl methyl sites for hydroxylation is 1. The fourth-order valence-corrected chi connectivity index (χ4v) is 6.65. The van der Waals surface area contributed by atoms with Crippen LogP contribution in [0.1, 0.15) is 53.2 Å². The molecule has 3 rings (SSSR count). The van der Waals surface area contributed by atoms with Gasteiger partial charge in [-0.2, -0.15) is 0 Å². The lowest BCUT2D eigenvalue weighted by Crippen LogP contribution is -2.44. The van der Waals surface area contributed by atoms with Gasteiger partial charge in [0.15, 0.2) is 0 Å². The van der Waals surface area contributed by atoms with Crippen molar-refractivity contribution in [2.24, 2.45) is 0 Å². The molecule has 0 saturated carbocycles. The van der Waals surface area contributed by atoms with Crippen LogP contribution in [-0.4, -0.2) is 30.9 Å². The van der Waals surface area contributed by atoms with Crippen molar-refractivity contribution < 1.29 is 12.3 Å². The molecule has 0 fully saturated rings. The fraction of sp³-hybridized carbons (Fsp3) is 0.458. The Hall–Kier alpha value is -2.27. The first-order chi connectivity index (χ1) is 14.8. The molecule has 0 unspecified atom stereocenters. The summed E-state index contributed by atoms with van der Waals surface area (Å²) in [5.74, 6) is 0.00198. The fourth-order valence-electron chi connectivity index (χ4n) is 3.88. The molecule has 1 aliphatic rings. The molecule has 29 heavy (non-hydrogen) atoms. The highest BCUT2D eigenvalue weighted by Crippen LogP contribution is 2.26. The molecular formula is C24H32N2O2Si. The highest BCUT2D eigenvalue weighted by molar-refractivity contribution is 6.93. The number of amides is 1. The molecule has 1 aliphatic heterocycles. The molecule has 2 atom stereocenters. The third-order valence-electron chi connectivity index (χ3n) is 5.49. The molecule has 5 heteroatoms. The summed E-state index contributed by atoms with van der Waals surface area (Å²) in [6, 6.07) is 11.7.